The summed E-state index contributed by atoms with van der Waals surface area (Å²) in [5.74, 6) is -0.789. The fourth-order valence-electron chi connectivity index (χ4n) is 1.63. The maximum absolute atomic E-state index is 11.3. The number of carbonyl (C=O) groups is 1. The maximum atomic E-state index is 11.3. The highest BCUT2D eigenvalue weighted by Gasteiger charge is 2.37. The number of carboxylic acids is 1. The molecule has 86 valence electrons. The monoisotopic (exact) mass is 222 g/mol. The molecule has 0 radical (unpaired) electrons. The number of hydrogen-bond acceptors (Lipinski definition) is 4. The molecule has 0 bridgehead atoms. The highest BCUT2D eigenvalue weighted by Crippen LogP contribution is 2.24. The van der Waals surface area contributed by atoms with Crippen LogP contribution in [0.25, 0.3) is 0 Å². The molecule has 1 unspecified atom stereocenters. The second-order valence-electron chi connectivity index (χ2n) is 4.30. The molecular weight excluding hydrogens is 208 g/mol. The number of nitrogens with zero attached hydrogens (tertiary/aromatic N) is 4. The molecule has 0 saturated heterocycles. The Morgan fingerprint density at radius 3 is 2.75 bits per heavy atom. The molecule has 0 aliphatic carbocycles. The molecule has 1 heterocycles. The molecule has 0 aliphatic rings. The predicted octanol–water partition coefficient (Wildman–Crippen LogP) is 0.996. The quantitative estimate of drug-likeness (QED) is 0.820. The van der Waals surface area contributed by atoms with Gasteiger partial charge in [0.15, 0.2) is 5.54 Å². The average molecular weight is 222 g/mol. The van der Waals surface area contributed by atoms with Crippen LogP contribution in [0.15, 0.2) is 6.33 Å². The molecule has 0 fully saturated rings. The van der Waals surface area contributed by atoms with Crippen molar-refractivity contribution in [2.45, 2.75) is 32.7 Å². The fourth-order valence-corrected chi connectivity index (χ4v) is 1.63. The van der Waals surface area contributed by atoms with Gasteiger partial charge in [-0.15, -0.1) is 5.10 Å². The van der Waals surface area contributed by atoms with Gasteiger partial charge in [0.1, 0.15) is 12.4 Å². The van der Waals surface area contributed by atoms with E-state index in [9.17, 15) is 9.90 Å². The van der Waals surface area contributed by atoms with Gasteiger partial charge < -0.3 is 5.11 Å². The van der Waals surface area contributed by atoms with Gasteiger partial charge >= 0.3 is 5.97 Å². The van der Waals surface area contributed by atoms with E-state index in [1.807, 2.05) is 13.8 Å². The van der Waals surface area contributed by atoms with Crippen LogP contribution in [0, 0.1) is 17.2 Å². The third-order valence-corrected chi connectivity index (χ3v) is 2.36. The summed E-state index contributed by atoms with van der Waals surface area (Å²) in [6, 6.07) is 1.78. The molecule has 1 rings (SSSR count). The molecule has 0 amide bonds. The van der Waals surface area contributed by atoms with Crippen LogP contribution in [0.1, 0.15) is 33.0 Å². The first-order valence-corrected chi connectivity index (χ1v) is 4.96. The van der Waals surface area contributed by atoms with Crippen molar-refractivity contribution in [1.82, 2.24) is 14.8 Å². The van der Waals surface area contributed by atoms with Crippen LogP contribution in [-0.4, -0.2) is 25.8 Å². The van der Waals surface area contributed by atoms with Crippen molar-refractivity contribution >= 4 is 5.97 Å². The zero-order chi connectivity index (χ0) is 12.3. The zero-order valence-electron chi connectivity index (χ0n) is 9.51. The second-order valence-corrected chi connectivity index (χ2v) is 4.30. The van der Waals surface area contributed by atoms with Crippen molar-refractivity contribution < 1.29 is 9.90 Å². The molecule has 1 aromatic rings. The average Bonchev–Trinajstić information content (AvgIpc) is 2.64. The normalized spacial score (nSPS) is 14.4. The van der Waals surface area contributed by atoms with E-state index in [4.69, 9.17) is 5.26 Å². The molecule has 0 saturated carbocycles. The first-order valence-electron chi connectivity index (χ1n) is 4.96. The van der Waals surface area contributed by atoms with Gasteiger partial charge in [-0.1, -0.05) is 13.8 Å². The third kappa shape index (κ3) is 2.19. The molecular formula is C10H14N4O2. The number of rotatable bonds is 4. The summed E-state index contributed by atoms with van der Waals surface area (Å²) in [6.45, 7) is 5.44. The minimum Gasteiger partial charge on any atom is -0.479 e. The number of nitriles is 1. The fraction of sp³-hybridized carbons (Fsp3) is 0.600. The summed E-state index contributed by atoms with van der Waals surface area (Å²) in [6.07, 6.45) is 1.71. The van der Waals surface area contributed by atoms with Gasteiger partial charge in [0.25, 0.3) is 5.82 Å². The Balaban J connectivity index is 3.12. The van der Waals surface area contributed by atoms with Crippen LogP contribution < -0.4 is 0 Å². The van der Waals surface area contributed by atoms with Crippen LogP contribution in [0.5, 0.6) is 0 Å². The van der Waals surface area contributed by atoms with E-state index >= 15 is 0 Å². The number of aromatic nitrogens is 3. The minimum atomic E-state index is -1.16. The van der Waals surface area contributed by atoms with Crippen LogP contribution in [0.4, 0.5) is 0 Å². The molecule has 1 N–H and O–H groups in total. The lowest BCUT2D eigenvalue weighted by Crippen LogP contribution is -2.40. The second kappa shape index (κ2) is 4.31. The van der Waals surface area contributed by atoms with Gasteiger partial charge in [0, 0.05) is 0 Å². The van der Waals surface area contributed by atoms with Crippen molar-refractivity contribution in [3.63, 3.8) is 0 Å². The summed E-state index contributed by atoms with van der Waals surface area (Å²) in [5, 5.41) is 21.7. The molecule has 0 spiro atoms. The topological polar surface area (TPSA) is 91.8 Å². The zero-order valence-corrected chi connectivity index (χ0v) is 9.51. The lowest BCUT2D eigenvalue weighted by molar-refractivity contribution is -0.148. The van der Waals surface area contributed by atoms with E-state index in [0.29, 0.717) is 6.42 Å². The molecule has 0 aromatic carbocycles. The first-order chi connectivity index (χ1) is 7.40. The number of carboxylic acid groups (broad SMARTS) is 1. The third-order valence-electron chi connectivity index (χ3n) is 2.36. The Morgan fingerprint density at radius 2 is 2.38 bits per heavy atom. The van der Waals surface area contributed by atoms with E-state index in [1.54, 1.807) is 13.0 Å². The van der Waals surface area contributed by atoms with E-state index in [1.165, 1.54) is 11.0 Å². The molecule has 6 heteroatoms. The Kier molecular flexibility index (Phi) is 3.28. The van der Waals surface area contributed by atoms with Crippen molar-refractivity contribution in [2.24, 2.45) is 5.92 Å². The Morgan fingerprint density at radius 1 is 1.75 bits per heavy atom. The Bertz CT molecular complexity index is 432. The van der Waals surface area contributed by atoms with Crippen LogP contribution >= 0.6 is 0 Å². The first kappa shape index (κ1) is 12.2. The van der Waals surface area contributed by atoms with Gasteiger partial charge in [-0.05, 0) is 19.3 Å². The number of aliphatic carboxylic acids is 1. The highest BCUT2D eigenvalue weighted by molar-refractivity contribution is 5.76. The largest absolute Gasteiger partial charge is 0.479 e. The predicted molar refractivity (Wildman–Crippen MR) is 55.5 cm³/mol. The van der Waals surface area contributed by atoms with E-state index in [-0.39, 0.29) is 11.7 Å². The summed E-state index contributed by atoms with van der Waals surface area (Å²) < 4.78 is 1.24. The molecule has 6 nitrogen and oxygen atoms in total. The van der Waals surface area contributed by atoms with Crippen molar-refractivity contribution in [3.8, 4) is 6.07 Å². The molecule has 0 aliphatic heterocycles. The van der Waals surface area contributed by atoms with Crippen LogP contribution in [-0.2, 0) is 10.3 Å². The van der Waals surface area contributed by atoms with Crippen LogP contribution in [0.2, 0.25) is 0 Å². The van der Waals surface area contributed by atoms with E-state index in [2.05, 4.69) is 10.1 Å². The highest BCUT2D eigenvalue weighted by atomic mass is 16.4. The van der Waals surface area contributed by atoms with Crippen molar-refractivity contribution in [2.75, 3.05) is 0 Å². The van der Waals surface area contributed by atoms with E-state index in [0.717, 1.165) is 0 Å². The molecule has 1 aromatic heterocycles. The van der Waals surface area contributed by atoms with Gasteiger partial charge in [-0.3, -0.25) is 0 Å². The Hall–Kier alpha value is -1.90. The SMILES string of the molecule is CC(C)CC(C)(C(=O)O)n1cnc(C#N)n1. The van der Waals surface area contributed by atoms with Gasteiger partial charge in [0.05, 0.1) is 0 Å². The van der Waals surface area contributed by atoms with Crippen LogP contribution in [0.3, 0.4) is 0 Å². The molecule has 16 heavy (non-hydrogen) atoms. The minimum absolute atomic E-state index is 0.0174. The lowest BCUT2D eigenvalue weighted by atomic mass is 9.91. The summed E-state index contributed by atoms with van der Waals surface area (Å²) in [5.41, 5.74) is -1.16. The summed E-state index contributed by atoms with van der Waals surface area (Å²) in [7, 11) is 0. The van der Waals surface area contributed by atoms with Crippen molar-refractivity contribution in [3.05, 3.63) is 12.2 Å². The summed E-state index contributed by atoms with van der Waals surface area (Å²) >= 11 is 0. The smallest absolute Gasteiger partial charge is 0.331 e. The van der Waals surface area contributed by atoms with Gasteiger partial charge in [-0.2, -0.15) is 5.26 Å². The Labute approximate surface area is 93.5 Å². The maximum Gasteiger partial charge on any atom is 0.331 e. The van der Waals surface area contributed by atoms with Gasteiger partial charge in [-0.25, -0.2) is 14.5 Å². The lowest BCUT2D eigenvalue weighted by Gasteiger charge is -2.26. The van der Waals surface area contributed by atoms with E-state index < -0.39 is 11.5 Å². The van der Waals surface area contributed by atoms with Crippen molar-refractivity contribution in [1.29, 1.82) is 5.26 Å². The number of hydrogen-bond donors (Lipinski definition) is 1. The van der Waals surface area contributed by atoms with Gasteiger partial charge in [0.2, 0.25) is 0 Å². The standard InChI is InChI=1S/C10H14N4O2/c1-7(2)4-10(3,9(15)16)14-6-12-8(5-11)13-14/h6-7H,4H2,1-3H3,(H,15,16). The summed E-state index contributed by atoms with van der Waals surface area (Å²) in [4.78, 5) is 15.0. The molecule has 1 atom stereocenters.